The highest BCUT2D eigenvalue weighted by Gasteiger charge is 2.26. The van der Waals surface area contributed by atoms with Crippen LogP contribution in [-0.2, 0) is 5.41 Å². The predicted octanol–water partition coefficient (Wildman–Crippen LogP) is 5.28. The minimum atomic E-state index is -1.01. The maximum Gasteiger partial charge on any atom is 0.356 e. The molecule has 2 aromatic rings. The zero-order chi connectivity index (χ0) is 14.4. The van der Waals surface area contributed by atoms with Crippen LogP contribution in [0.4, 0.5) is 0 Å². The Morgan fingerprint density at radius 3 is 2.47 bits per heavy atom. The van der Waals surface area contributed by atoms with Crippen molar-refractivity contribution in [3.05, 3.63) is 25.6 Å². The molecule has 0 bridgehead atoms. The molecule has 0 amide bonds. The third-order valence-electron chi connectivity index (χ3n) is 2.34. The largest absolute Gasteiger partial charge is 0.476 e. The molecule has 0 saturated carbocycles. The van der Waals surface area contributed by atoms with Gasteiger partial charge in [0.15, 0.2) is 5.69 Å². The van der Waals surface area contributed by atoms with Crippen LogP contribution in [-0.4, -0.2) is 16.1 Å². The van der Waals surface area contributed by atoms with Crippen molar-refractivity contribution in [2.45, 2.75) is 26.2 Å². The molecule has 1 N–H and O–H groups in total. The molecule has 3 nitrogen and oxygen atoms in total. The van der Waals surface area contributed by atoms with E-state index in [1.54, 1.807) is 0 Å². The van der Waals surface area contributed by atoms with E-state index in [-0.39, 0.29) is 11.1 Å². The number of aromatic nitrogens is 1. The molecular formula is C12H11BrClNO2S2. The number of thiophene rings is 1. The second-order valence-corrected chi connectivity index (χ2v) is 8.49. The molecular weight excluding hydrogens is 370 g/mol. The van der Waals surface area contributed by atoms with E-state index in [1.165, 1.54) is 22.7 Å². The van der Waals surface area contributed by atoms with E-state index in [0.717, 1.165) is 14.4 Å². The number of hydrogen-bond donors (Lipinski definition) is 1. The monoisotopic (exact) mass is 379 g/mol. The van der Waals surface area contributed by atoms with Gasteiger partial charge in [-0.1, -0.05) is 32.4 Å². The normalized spacial score (nSPS) is 11.8. The third-order valence-corrected chi connectivity index (χ3v) is 6.48. The van der Waals surface area contributed by atoms with Crippen molar-refractivity contribution in [3.8, 4) is 9.75 Å². The van der Waals surface area contributed by atoms with Crippen LogP contribution < -0.4 is 0 Å². The molecule has 0 radical (unpaired) electrons. The van der Waals surface area contributed by atoms with Gasteiger partial charge in [-0.15, -0.1) is 22.7 Å². The summed E-state index contributed by atoms with van der Waals surface area (Å²) >= 11 is 12.1. The Bertz CT molecular complexity index is 623. The van der Waals surface area contributed by atoms with Gasteiger partial charge in [0.2, 0.25) is 0 Å². The second-order valence-electron chi connectivity index (χ2n) is 4.98. The van der Waals surface area contributed by atoms with Crippen molar-refractivity contribution in [3.63, 3.8) is 0 Å². The maximum atomic E-state index is 11.3. The van der Waals surface area contributed by atoms with Crippen LogP contribution in [0.25, 0.3) is 9.75 Å². The van der Waals surface area contributed by atoms with Gasteiger partial charge in [-0.25, -0.2) is 9.78 Å². The summed E-state index contributed by atoms with van der Waals surface area (Å²) in [5, 5.41) is 10.1. The van der Waals surface area contributed by atoms with Gasteiger partial charge in [-0.2, -0.15) is 0 Å². The second kappa shape index (κ2) is 5.16. The van der Waals surface area contributed by atoms with Crippen molar-refractivity contribution >= 4 is 56.2 Å². The highest BCUT2D eigenvalue weighted by molar-refractivity contribution is 9.10. The molecule has 0 unspecified atom stereocenters. The molecule has 19 heavy (non-hydrogen) atoms. The van der Waals surface area contributed by atoms with Crippen molar-refractivity contribution in [2.75, 3.05) is 0 Å². The molecule has 2 heterocycles. The number of halogens is 2. The Morgan fingerprint density at radius 1 is 1.42 bits per heavy atom. The standard InChI is InChI=1S/C12H11BrClNO2S2/c1-12(2,3)11-15-7(10(16)17)8(19-11)6-4-5(13)9(14)18-6/h4H,1-3H3,(H,16,17). The minimum Gasteiger partial charge on any atom is -0.476 e. The van der Waals surface area contributed by atoms with E-state index >= 15 is 0 Å². The zero-order valence-electron chi connectivity index (χ0n) is 10.5. The highest BCUT2D eigenvalue weighted by Crippen LogP contribution is 2.43. The summed E-state index contributed by atoms with van der Waals surface area (Å²) in [5.41, 5.74) is -0.0777. The van der Waals surface area contributed by atoms with E-state index in [0.29, 0.717) is 9.21 Å². The first-order valence-corrected chi connectivity index (χ1v) is 8.20. The Morgan fingerprint density at radius 2 is 2.05 bits per heavy atom. The first-order valence-electron chi connectivity index (χ1n) is 5.40. The fourth-order valence-electron chi connectivity index (χ4n) is 1.41. The molecule has 0 atom stereocenters. The first-order chi connectivity index (χ1) is 8.70. The van der Waals surface area contributed by atoms with E-state index < -0.39 is 5.97 Å². The lowest BCUT2D eigenvalue weighted by molar-refractivity contribution is 0.0692. The molecule has 0 fully saturated rings. The zero-order valence-corrected chi connectivity index (χ0v) is 14.4. The molecule has 7 heteroatoms. The summed E-state index contributed by atoms with van der Waals surface area (Å²) in [6.45, 7) is 6.04. The van der Waals surface area contributed by atoms with E-state index in [4.69, 9.17) is 11.6 Å². The predicted molar refractivity (Wildman–Crippen MR) is 83.8 cm³/mol. The maximum absolute atomic E-state index is 11.3. The van der Waals surface area contributed by atoms with Crippen molar-refractivity contribution in [2.24, 2.45) is 0 Å². The van der Waals surface area contributed by atoms with Crippen molar-refractivity contribution < 1.29 is 9.90 Å². The summed E-state index contributed by atoms with van der Waals surface area (Å²) in [5.74, 6) is -1.01. The molecule has 0 spiro atoms. The number of aromatic carboxylic acids is 1. The number of carbonyl (C=O) groups is 1. The van der Waals surface area contributed by atoms with Gasteiger partial charge in [0.25, 0.3) is 0 Å². The van der Waals surface area contributed by atoms with Gasteiger partial charge in [0, 0.05) is 14.8 Å². The number of rotatable bonds is 2. The van der Waals surface area contributed by atoms with Gasteiger partial charge in [0.1, 0.15) is 4.34 Å². The van der Waals surface area contributed by atoms with E-state index in [9.17, 15) is 9.90 Å². The number of carboxylic acids is 1. The molecule has 2 aromatic heterocycles. The summed E-state index contributed by atoms with van der Waals surface area (Å²) in [4.78, 5) is 17.1. The van der Waals surface area contributed by atoms with Gasteiger partial charge < -0.3 is 5.11 Å². The van der Waals surface area contributed by atoms with Crippen LogP contribution in [0.3, 0.4) is 0 Å². The SMILES string of the molecule is CC(C)(C)c1nc(C(=O)O)c(-c2cc(Br)c(Cl)s2)s1. The van der Waals surface area contributed by atoms with Crippen molar-refractivity contribution in [1.29, 1.82) is 0 Å². The molecule has 0 aliphatic carbocycles. The summed E-state index contributed by atoms with van der Waals surface area (Å²) < 4.78 is 1.38. The van der Waals surface area contributed by atoms with E-state index in [1.807, 2.05) is 26.8 Å². The summed E-state index contributed by atoms with van der Waals surface area (Å²) in [7, 11) is 0. The quantitative estimate of drug-likeness (QED) is 0.770. The Labute approximate surface area is 132 Å². The van der Waals surface area contributed by atoms with Crippen LogP contribution >= 0.6 is 50.2 Å². The fourth-order valence-corrected chi connectivity index (χ4v) is 4.33. The van der Waals surface area contributed by atoms with Crippen LogP contribution in [0.2, 0.25) is 4.34 Å². The van der Waals surface area contributed by atoms with Gasteiger partial charge in [0.05, 0.1) is 9.88 Å². The van der Waals surface area contributed by atoms with Crippen LogP contribution in [0, 0.1) is 0 Å². The molecule has 2 rings (SSSR count). The van der Waals surface area contributed by atoms with Crippen molar-refractivity contribution in [1.82, 2.24) is 4.98 Å². The van der Waals surface area contributed by atoms with Crippen LogP contribution in [0.5, 0.6) is 0 Å². The Kier molecular flexibility index (Phi) is 4.07. The number of carboxylic acid groups (broad SMARTS) is 1. The van der Waals surface area contributed by atoms with Crippen LogP contribution in [0.1, 0.15) is 36.3 Å². The van der Waals surface area contributed by atoms with Gasteiger partial charge >= 0.3 is 5.97 Å². The third kappa shape index (κ3) is 3.02. The average Bonchev–Trinajstić information content (AvgIpc) is 2.82. The number of thiazole rings is 1. The van der Waals surface area contributed by atoms with Crippen LogP contribution in [0.15, 0.2) is 10.5 Å². The lowest BCUT2D eigenvalue weighted by atomic mass is 9.98. The number of hydrogen-bond acceptors (Lipinski definition) is 4. The summed E-state index contributed by atoms with van der Waals surface area (Å²) in [6, 6.07) is 1.83. The van der Waals surface area contributed by atoms with E-state index in [2.05, 4.69) is 20.9 Å². The topological polar surface area (TPSA) is 50.2 Å². The molecule has 102 valence electrons. The summed E-state index contributed by atoms with van der Waals surface area (Å²) in [6.07, 6.45) is 0. The molecule has 0 aliphatic heterocycles. The van der Waals surface area contributed by atoms with Gasteiger partial charge in [-0.3, -0.25) is 0 Å². The molecule has 0 saturated heterocycles. The fraction of sp³-hybridized carbons (Fsp3) is 0.333. The smallest absolute Gasteiger partial charge is 0.356 e. The average molecular weight is 381 g/mol. The lowest BCUT2D eigenvalue weighted by Crippen LogP contribution is -2.11. The first kappa shape index (κ1) is 15.0. The lowest BCUT2D eigenvalue weighted by Gasteiger charge is -2.13. The number of nitrogens with zero attached hydrogens (tertiary/aromatic N) is 1. The molecule has 0 aromatic carbocycles. The molecule has 0 aliphatic rings. The highest BCUT2D eigenvalue weighted by atomic mass is 79.9. The Hall–Kier alpha value is -0.430. The Balaban J connectivity index is 2.61. The minimum absolute atomic E-state index is 0.0975. The van der Waals surface area contributed by atoms with Gasteiger partial charge in [-0.05, 0) is 22.0 Å².